The Balaban J connectivity index is 3.01. The van der Waals surface area contributed by atoms with Crippen molar-refractivity contribution >= 4 is 0 Å². The van der Waals surface area contributed by atoms with Crippen molar-refractivity contribution in [2.75, 3.05) is 0 Å². The van der Waals surface area contributed by atoms with Crippen molar-refractivity contribution in [3.8, 4) is 5.75 Å². The van der Waals surface area contributed by atoms with E-state index in [9.17, 15) is 5.11 Å². The first-order chi connectivity index (χ1) is 6.02. The van der Waals surface area contributed by atoms with Crippen molar-refractivity contribution in [3.63, 3.8) is 0 Å². The minimum Gasteiger partial charge on any atom is -0.508 e. The van der Waals surface area contributed by atoms with Crippen molar-refractivity contribution in [1.29, 1.82) is 0 Å². The first-order valence-electron chi connectivity index (χ1n) is 4.57. The molecule has 0 spiro atoms. The predicted octanol–water partition coefficient (Wildman–Crippen LogP) is 2.36. The normalized spacial score (nSPS) is 13.3. The molecule has 2 heteroatoms. The highest BCUT2D eigenvalue weighted by Gasteiger charge is 2.12. The second-order valence-electron chi connectivity index (χ2n) is 3.81. The topological polar surface area (TPSA) is 46.2 Å². The van der Waals surface area contributed by atoms with Crippen LogP contribution in [-0.4, -0.2) is 5.11 Å². The van der Waals surface area contributed by atoms with Gasteiger partial charge in [-0.2, -0.15) is 0 Å². The summed E-state index contributed by atoms with van der Waals surface area (Å²) in [5.41, 5.74) is 8.18. The van der Waals surface area contributed by atoms with Crippen molar-refractivity contribution in [2.24, 2.45) is 11.7 Å². The molecule has 1 rings (SSSR count). The molecule has 0 amide bonds. The van der Waals surface area contributed by atoms with E-state index in [4.69, 9.17) is 5.73 Å². The number of hydrogen-bond acceptors (Lipinski definition) is 2. The number of nitrogens with two attached hydrogens (primary N) is 1. The molecule has 0 saturated heterocycles. The zero-order chi connectivity index (χ0) is 10.0. The van der Waals surface area contributed by atoms with E-state index in [1.165, 1.54) is 0 Å². The minimum absolute atomic E-state index is 0.0561. The summed E-state index contributed by atoms with van der Waals surface area (Å²) >= 11 is 0. The molecule has 2 nitrogen and oxygen atoms in total. The zero-order valence-corrected chi connectivity index (χ0v) is 8.41. The van der Waals surface area contributed by atoms with Gasteiger partial charge in [0.2, 0.25) is 0 Å². The standard InChI is InChI=1S/C11H17NO/c1-7(2)11(12)10-5-4-9(13)6-8(10)3/h4-7,11,13H,12H2,1-3H3. The van der Waals surface area contributed by atoms with Gasteiger partial charge in [0.1, 0.15) is 5.75 Å². The highest BCUT2D eigenvalue weighted by molar-refractivity contribution is 5.35. The van der Waals surface area contributed by atoms with Gasteiger partial charge in [0.05, 0.1) is 0 Å². The van der Waals surface area contributed by atoms with Crippen molar-refractivity contribution in [2.45, 2.75) is 26.8 Å². The summed E-state index contributed by atoms with van der Waals surface area (Å²) in [5, 5.41) is 9.22. The first-order valence-corrected chi connectivity index (χ1v) is 4.57. The number of phenols is 1. The SMILES string of the molecule is Cc1cc(O)ccc1C(N)C(C)C. The Morgan fingerprint density at radius 1 is 1.31 bits per heavy atom. The van der Waals surface area contributed by atoms with Crippen molar-refractivity contribution in [3.05, 3.63) is 29.3 Å². The highest BCUT2D eigenvalue weighted by atomic mass is 16.3. The second kappa shape index (κ2) is 3.79. The molecule has 13 heavy (non-hydrogen) atoms. The number of rotatable bonds is 2. The van der Waals surface area contributed by atoms with Crippen LogP contribution in [0.1, 0.15) is 31.0 Å². The lowest BCUT2D eigenvalue weighted by Gasteiger charge is -2.18. The van der Waals surface area contributed by atoms with E-state index in [1.807, 2.05) is 13.0 Å². The average Bonchev–Trinajstić information content (AvgIpc) is 2.03. The number of phenolic OH excluding ortho intramolecular Hbond substituents is 1. The Kier molecular flexibility index (Phi) is 2.94. The fraction of sp³-hybridized carbons (Fsp3) is 0.455. The third kappa shape index (κ3) is 2.22. The van der Waals surface area contributed by atoms with Gasteiger partial charge in [0, 0.05) is 6.04 Å². The Labute approximate surface area is 79.4 Å². The lowest BCUT2D eigenvalue weighted by atomic mass is 9.93. The van der Waals surface area contributed by atoms with E-state index < -0.39 is 0 Å². The average molecular weight is 179 g/mol. The summed E-state index contributed by atoms with van der Waals surface area (Å²) in [7, 11) is 0. The molecule has 0 radical (unpaired) electrons. The third-order valence-electron chi connectivity index (χ3n) is 2.33. The lowest BCUT2D eigenvalue weighted by Crippen LogP contribution is -2.17. The van der Waals surface area contributed by atoms with E-state index in [-0.39, 0.29) is 6.04 Å². The summed E-state index contributed by atoms with van der Waals surface area (Å²) in [6.07, 6.45) is 0. The molecule has 0 aromatic heterocycles. The molecule has 0 heterocycles. The number of aryl methyl sites for hydroxylation is 1. The number of benzene rings is 1. The Morgan fingerprint density at radius 2 is 1.92 bits per heavy atom. The van der Waals surface area contributed by atoms with Gasteiger partial charge in [-0.1, -0.05) is 19.9 Å². The second-order valence-corrected chi connectivity index (χ2v) is 3.81. The fourth-order valence-corrected chi connectivity index (χ4v) is 1.39. The maximum Gasteiger partial charge on any atom is 0.115 e. The summed E-state index contributed by atoms with van der Waals surface area (Å²) in [6.45, 7) is 6.16. The fourth-order valence-electron chi connectivity index (χ4n) is 1.39. The van der Waals surface area contributed by atoms with Gasteiger partial charge < -0.3 is 10.8 Å². The van der Waals surface area contributed by atoms with Gasteiger partial charge in [-0.15, -0.1) is 0 Å². The molecular formula is C11H17NO. The molecule has 1 aromatic rings. The van der Waals surface area contributed by atoms with Crippen LogP contribution in [0.2, 0.25) is 0 Å². The minimum atomic E-state index is 0.0561. The van der Waals surface area contributed by atoms with Gasteiger partial charge >= 0.3 is 0 Å². The molecule has 1 aromatic carbocycles. The largest absolute Gasteiger partial charge is 0.508 e. The van der Waals surface area contributed by atoms with Gasteiger partial charge in [-0.3, -0.25) is 0 Å². The van der Waals surface area contributed by atoms with Crippen LogP contribution < -0.4 is 5.73 Å². The molecule has 0 aliphatic carbocycles. The number of hydrogen-bond donors (Lipinski definition) is 2. The van der Waals surface area contributed by atoms with Gasteiger partial charge in [-0.05, 0) is 36.1 Å². The first kappa shape index (κ1) is 10.1. The van der Waals surface area contributed by atoms with Crippen LogP contribution in [0.5, 0.6) is 5.75 Å². The van der Waals surface area contributed by atoms with Gasteiger partial charge in [0.15, 0.2) is 0 Å². The molecule has 0 aliphatic heterocycles. The quantitative estimate of drug-likeness (QED) is 0.732. The summed E-state index contributed by atoms with van der Waals surface area (Å²) in [5.74, 6) is 0.723. The molecular weight excluding hydrogens is 162 g/mol. The van der Waals surface area contributed by atoms with E-state index >= 15 is 0 Å². The smallest absolute Gasteiger partial charge is 0.115 e. The molecule has 0 bridgehead atoms. The van der Waals surface area contributed by atoms with Crippen LogP contribution >= 0.6 is 0 Å². The zero-order valence-electron chi connectivity index (χ0n) is 8.41. The Bertz CT molecular complexity index is 294. The van der Waals surface area contributed by atoms with Crippen LogP contribution in [0.25, 0.3) is 0 Å². The third-order valence-corrected chi connectivity index (χ3v) is 2.33. The highest BCUT2D eigenvalue weighted by Crippen LogP contribution is 2.24. The molecule has 0 aliphatic rings. The van der Waals surface area contributed by atoms with Gasteiger partial charge in [-0.25, -0.2) is 0 Å². The Morgan fingerprint density at radius 3 is 2.38 bits per heavy atom. The maximum absolute atomic E-state index is 9.22. The van der Waals surface area contributed by atoms with E-state index in [0.29, 0.717) is 11.7 Å². The van der Waals surface area contributed by atoms with Crippen LogP contribution in [0.3, 0.4) is 0 Å². The van der Waals surface area contributed by atoms with E-state index in [2.05, 4.69) is 13.8 Å². The summed E-state index contributed by atoms with van der Waals surface area (Å²) in [4.78, 5) is 0. The monoisotopic (exact) mass is 179 g/mol. The molecule has 1 unspecified atom stereocenters. The molecule has 1 atom stereocenters. The molecule has 0 saturated carbocycles. The summed E-state index contributed by atoms with van der Waals surface area (Å²) < 4.78 is 0. The number of aromatic hydroxyl groups is 1. The van der Waals surface area contributed by atoms with Crippen molar-refractivity contribution < 1.29 is 5.11 Å². The van der Waals surface area contributed by atoms with E-state index in [1.54, 1.807) is 12.1 Å². The van der Waals surface area contributed by atoms with Crippen LogP contribution in [0, 0.1) is 12.8 Å². The maximum atomic E-state index is 9.22. The van der Waals surface area contributed by atoms with Crippen LogP contribution in [0.15, 0.2) is 18.2 Å². The predicted molar refractivity (Wildman–Crippen MR) is 54.6 cm³/mol. The van der Waals surface area contributed by atoms with Crippen LogP contribution in [0.4, 0.5) is 0 Å². The summed E-state index contributed by atoms with van der Waals surface area (Å²) in [6, 6.07) is 5.39. The Hall–Kier alpha value is -1.02. The van der Waals surface area contributed by atoms with Gasteiger partial charge in [0.25, 0.3) is 0 Å². The van der Waals surface area contributed by atoms with E-state index in [0.717, 1.165) is 11.1 Å². The lowest BCUT2D eigenvalue weighted by molar-refractivity contribution is 0.472. The van der Waals surface area contributed by atoms with Crippen LogP contribution in [-0.2, 0) is 0 Å². The van der Waals surface area contributed by atoms with Crippen molar-refractivity contribution in [1.82, 2.24) is 0 Å². The molecule has 3 N–H and O–H groups in total. The molecule has 0 fully saturated rings. The molecule has 72 valence electrons.